The highest BCUT2D eigenvalue weighted by Gasteiger charge is 2.20. The molecule has 1 unspecified atom stereocenters. The standard InChI is InChI=1S/C16H15FN2O2/c1-19-9-12-8-11(4-7-14(12)18-16(19)21)15(20)10-2-5-13(17)6-3-10/h2-8,15,20H,9H2,1H3,(H,18,21). The van der Waals surface area contributed by atoms with Crippen LogP contribution in [0.2, 0.25) is 0 Å². The van der Waals surface area contributed by atoms with Gasteiger partial charge in [-0.2, -0.15) is 0 Å². The lowest BCUT2D eigenvalue weighted by Gasteiger charge is -2.26. The van der Waals surface area contributed by atoms with Gasteiger partial charge in [0.1, 0.15) is 11.9 Å². The highest BCUT2D eigenvalue weighted by molar-refractivity contribution is 5.92. The van der Waals surface area contributed by atoms with E-state index in [0.29, 0.717) is 17.7 Å². The van der Waals surface area contributed by atoms with E-state index in [1.54, 1.807) is 36.2 Å². The number of hydrogen-bond donors (Lipinski definition) is 2. The van der Waals surface area contributed by atoms with Crippen molar-refractivity contribution in [3.05, 3.63) is 65.0 Å². The van der Waals surface area contributed by atoms with Gasteiger partial charge < -0.3 is 15.3 Å². The maximum absolute atomic E-state index is 12.9. The van der Waals surface area contributed by atoms with Crippen LogP contribution < -0.4 is 5.32 Å². The average molecular weight is 286 g/mol. The first-order valence-electron chi connectivity index (χ1n) is 6.63. The van der Waals surface area contributed by atoms with Crippen molar-refractivity contribution >= 4 is 11.7 Å². The summed E-state index contributed by atoms with van der Waals surface area (Å²) in [6, 6.07) is 11.0. The first kappa shape index (κ1) is 13.6. The Labute approximate surface area is 121 Å². The van der Waals surface area contributed by atoms with Crippen LogP contribution in [0.1, 0.15) is 22.8 Å². The molecule has 108 valence electrons. The van der Waals surface area contributed by atoms with Crippen molar-refractivity contribution in [2.45, 2.75) is 12.6 Å². The molecule has 1 atom stereocenters. The summed E-state index contributed by atoms with van der Waals surface area (Å²) in [4.78, 5) is 13.1. The topological polar surface area (TPSA) is 52.6 Å². The number of benzene rings is 2. The lowest BCUT2D eigenvalue weighted by molar-refractivity contribution is 0.217. The number of hydrogen-bond acceptors (Lipinski definition) is 2. The predicted molar refractivity (Wildman–Crippen MR) is 77.4 cm³/mol. The molecule has 0 saturated carbocycles. The molecular formula is C16H15FN2O2. The Morgan fingerprint density at radius 1 is 1.19 bits per heavy atom. The summed E-state index contributed by atoms with van der Waals surface area (Å²) in [5.74, 6) is -0.333. The molecular weight excluding hydrogens is 271 g/mol. The minimum atomic E-state index is -0.821. The molecule has 0 spiro atoms. The van der Waals surface area contributed by atoms with Crippen molar-refractivity contribution < 1.29 is 14.3 Å². The SMILES string of the molecule is CN1Cc2cc(C(O)c3ccc(F)cc3)ccc2NC1=O. The summed E-state index contributed by atoms with van der Waals surface area (Å²) in [6.07, 6.45) is -0.821. The Balaban J connectivity index is 1.91. The lowest BCUT2D eigenvalue weighted by Crippen LogP contribution is -2.35. The molecule has 2 N–H and O–H groups in total. The largest absolute Gasteiger partial charge is 0.384 e. The predicted octanol–water partition coefficient (Wildman–Crippen LogP) is 2.88. The van der Waals surface area contributed by atoms with Crippen LogP contribution in [0, 0.1) is 5.82 Å². The minimum Gasteiger partial charge on any atom is -0.384 e. The van der Waals surface area contributed by atoms with E-state index in [1.165, 1.54) is 12.1 Å². The zero-order valence-corrected chi connectivity index (χ0v) is 11.5. The number of urea groups is 1. The Bertz CT molecular complexity index is 685. The van der Waals surface area contributed by atoms with Gasteiger partial charge in [0.2, 0.25) is 0 Å². The van der Waals surface area contributed by atoms with E-state index in [1.807, 2.05) is 6.07 Å². The van der Waals surface area contributed by atoms with Crippen LogP contribution in [-0.4, -0.2) is 23.1 Å². The number of aliphatic hydroxyl groups is 1. The number of nitrogens with zero attached hydrogens (tertiary/aromatic N) is 1. The third-order valence-electron chi connectivity index (χ3n) is 3.63. The first-order valence-corrected chi connectivity index (χ1v) is 6.63. The van der Waals surface area contributed by atoms with E-state index in [0.717, 1.165) is 11.3 Å². The summed E-state index contributed by atoms with van der Waals surface area (Å²) in [6.45, 7) is 0.491. The molecule has 1 aliphatic rings. The molecule has 2 aromatic rings. The molecule has 5 heteroatoms. The summed E-state index contributed by atoms with van der Waals surface area (Å²) in [5, 5.41) is 13.2. The fourth-order valence-electron chi connectivity index (χ4n) is 2.41. The van der Waals surface area contributed by atoms with Gasteiger partial charge in [0.15, 0.2) is 0 Å². The van der Waals surface area contributed by atoms with Gasteiger partial charge in [0, 0.05) is 19.3 Å². The molecule has 0 aliphatic carbocycles. The molecule has 1 aliphatic heterocycles. The molecule has 1 heterocycles. The Kier molecular flexibility index (Phi) is 3.35. The molecule has 2 amide bonds. The van der Waals surface area contributed by atoms with E-state index >= 15 is 0 Å². The van der Waals surface area contributed by atoms with E-state index in [2.05, 4.69) is 5.32 Å². The van der Waals surface area contributed by atoms with Crippen LogP contribution in [0.25, 0.3) is 0 Å². The van der Waals surface area contributed by atoms with Crippen LogP contribution >= 0.6 is 0 Å². The quantitative estimate of drug-likeness (QED) is 0.892. The summed E-state index contributed by atoms with van der Waals surface area (Å²) >= 11 is 0. The highest BCUT2D eigenvalue weighted by atomic mass is 19.1. The van der Waals surface area contributed by atoms with E-state index < -0.39 is 6.10 Å². The number of aliphatic hydroxyl groups excluding tert-OH is 1. The van der Waals surface area contributed by atoms with Crippen LogP contribution in [0.4, 0.5) is 14.9 Å². The minimum absolute atomic E-state index is 0.144. The van der Waals surface area contributed by atoms with Crippen LogP contribution in [0.3, 0.4) is 0 Å². The fraction of sp³-hybridized carbons (Fsp3) is 0.188. The molecule has 0 saturated heterocycles. The Morgan fingerprint density at radius 3 is 2.57 bits per heavy atom. The number of carbonyl (C=O) groups excluding carboxylic acids is 1. The van der Waals surface area contributed by atoms with Crippen molar-refractivity contribution in [2.75, 3.05) is 12.4 Å². The monoisotopic (exact) mass is 286 g/mol. The molecule has 21 heavy (non-hydrogen) atoms. The van der Waals surface area contributed by atoms with Gasteiger partial charge in [0.05, 0.1) is 0 Å². The number of fused-ring (bicyclic) bond motifs is 1. The number of nitrogens with one attached hydrogen (secondary N) is 1. The first-order chi connectivity index (χ1) is 10.0. The van der Waals surface area contributed by atoms with Crippen molar-refractivity contribution in [2.24, 2.45) is 0 Å². The van der Waals surface area contributed by atoms with Crippen molar-refractivity contribution in [1.29, 1.82) is 0 Å². The zero-order chi connectivity index (χ0) is 15.0. The number of anilines is 1. The summed E-state index contributed by atoms with van der Waals surface area (Å²) in [5.41, 5.74) is 3.04. The molecule has 2 aromatic carbocycles. The van der Waals surface area contributed by atoms with E-state index in [4.69, 9.17) is 0 Å². The normalized spacial score (nSPS) is 15.4. The fourth-order valence-corrected chi connectivity index (χ4v) is 2.41. The van der Waals surface area contributed by atoms with Gasteiger partial charge in [-0.15, -0.1) is 0 Å². The average Bonchev–Trinajstić information content (AvgIpc) is 2.48. The van der Waals surface area contributed by atoms with Gasteiger partial charge in [-0.05, 0) is 41.0 Å². The van der Waals surface area contributed by atoms with Crippen LogP contribution in [0.15, 0.2) is 42.5 Å². The van der Waals surface area contributed by atoms with E-state index in [9.17, 15) is 14.3 Å². The molecule has 0 bridgehead atoms. The summed E-state index contributed by atoms with van der Waals surface area (Å²) < 4.78 is 12.9. The van der Waals surface area contributed by atoms with Gasteiger partial charge in [-0.25, -0.2) is 9.18 Å². The lowest BCUT2D eigenvalue weighted by atomic mass is 9.98. The zero-order valence-electron chi connectivity index (χ0n) is 11.5. The van der Waals surface area contributed by atoms with Crippen LogP contribution in [-0.2, 0) is 6.54 Å². The van der Waals surface area contributed by atoms with Gasteiger partial charge in [0.25, 0.3) is 0 Å². The molecule has 4 nitrogen and oxygen atoms in total. The smallest absolute Gasteiger partial charge is 0.321 e. The molecule has 0 radical (unpaired) electrons. The van der Waals surface area contributed by atoms with Crippen molar-refractivity contribution in [3.8, 4) is 0 Å². The second kappa shape index (κ2) is 5.18. The number of rotatable bonds is 2. The van der Waals surface area contributed by atoms with Crippen LogP contribution in [0.5, 0.6) is 0 Å². The number of carbonyl (C=O) groups is 1. The molecule has 0 aromatic heterocycles. The third-order valence-corrected chi connectivity index (χ3v) is 3.63. The second-order valence-electron chi connectivity index (χ2n) is 5.16. The second-order valence-corrected chi connectivity index (χ2v) is 5.16. The molecule has 0 fully saturated rings. The van der Waals surface area contributed by atoms with Gasteiger partial charge in [-0.1, -0.05) is 18.2 Å². The molecule has 3 rings (SSSR count). The van der Waals surface area contributed by atoms with Crippen molar-refractivity contribution in [3.63, 3.8) is 0 Å². The Hall–Kier alpha value is -2.40. The third kappa shape index (κ3) is 2.60. The summed E-state index contributed by atoms with van der Waals surface area (Å²) in [7, 11) is 1.71. The maximum Gasteiger partial charge on any atom is 0.321 e. The van der Waals surface area contributed by atoms with E-state index in [-0.39, 0.29) is 11.8 Å². The maximum atomic E-state index is 12.9. The number of amides is 2. The number of halogens is 1. The highest BCUT2D eigenvalue weighted by Crippen LogP contribution is 2.29. The van der Waals surface area contributed by atoms with Crippen molar-refractivity contribution in [1.82, 2.24) is 4.90 Å². The van der Waals surface area contributed by atoms with Gasteiger partial charge in [-0.3, -0.25) is 0 Å². The van der Waals surface area contributed by atoms with Gasteiger partial charge >= 0.3 is 6.03 Å². The Morgan fingerprint density at radius 2 is 1.86 bits per heavy atom.